The molecule has 1 aliphatic rings. The fourth-order valence-electron chi connectivity index (χ4n) is 2.80. The molecular weight excluding hydrogens is 306 g/mol. The first-order chi connectivity index (χ1) is 11.5. The summed E-state index contributed by atoms with van der Waals surface area (Å²) in [5.74, 6) is 0.00736. The van der Waals surface area contributed by atoms with Crippen LogP contribution in [0.3, 0.4) is 0 Å². The highest BCUT2D eigenvalue weighted by Gasteiger charge is 2.19. The zero-order valence-corrected chi connectivity index (χ0v) is 13.7. The molecule has 0 fully saturated rings. The maximum absolute atomic E-state index is 12.1. The van der Waals surface area contributed by atoms with E-state index in [1.54, 1.807) is 10.9 Å². The van der Waals surface area contributed by atoms with Gasteiger partial charge in [-0.05, 0) is 37.1 Å². The molecule has 24 heavy (non-hydrogen) atoms. The van der Waals surface area contributed by atoms with Crippen LogP contribution in [0.25, 0.3) is 0 Å². The van der Waals surface area contributed by atoms with Crippen molar-refractivity contribution in [2.24, 2.45) is 0 Å². The lowest BCUT2D eigenvalue weighted by Crippen LogP contribution is -2.43. The number of carbonyl (C=O) groups is 2. The Labute approximate surface area is 140 Å². The molecule has 7 heteroatoms. The summed E-state index contributed by atoms with van der Waals surface area (Å²) in [6, 6.07) is 7.20. The number of anilines is 1. The number of benzene rings is 1. The SMILES string of the molecule is C[C@H](Cn1cccn1)NC(=O)N[C@H](C)c1ccc2c(c1)CC(=O)N2. The smallest absolute Gasteiger partial charge is 0.315 e. The standard InChI is InChI=1S/C17H21N5O2/c1-11(10-22-7-3-6-18-22)19-17(24)20-12(2)13-4-5-15-14(8-13)9-16(23)21-15/h3-8,11-12H,9-10H2,1-2H3,(H,21,23)(H2,19,20,24)/t11-,12-/m1/s1. The summed E-state index contributed by atoms with van der Waals surface area (Å²) in [5, 5.41) is 12.8. The molecule has 1 aromatic carbocycles. The van der Waals surface area contributed by atoms with Crippen molar-refractivity contribution in [2.45, 2.75) is 38.9 Å². The second kappa shape index (κ2) is 6.74. The summed E-state index contributed by atoms with van der Waals surface area (Å²) in [6.07, 6.45) is 3.96. The highest BCUT2D eigenvalue weighted by atomic mass is 16.2. The van der Waals surface area contributed by atoms with Crippen LogP contribution in [-0.4, -0.2) is 27.8 Å². The molecule has 0 saturated carbocycles. The summed E-state index contributed by atoms with van der Waals surface area (Å²) in [6.45, 7) is 4.46. The molecule has 3 amide bonds. The van der Waals surface area contributed by atoms with E-state index in [9.17, 15) is 9.59 Å². The van der Waals surface area contributed by atoms with E-state index < -0.39 is 0 Å². The molecule has 2 heterocycles. The van der Waals surface area contributed by atoms with Gasteiger partial charge < -0.3 is 16.0 Å². The second-order valence-corrected chi connectivity index (χ2v) is 6.11. The summed E-state index contributed by atoms with van der Waals surface area (Å²) in [5.41, 5.74) is 2.80. The molecule has 0 bridgehead atoms. The fraction of sp³-hybridized carbons (Fsp3) is 0.353. The van der Waals surface area contributed by atoms with Gasteiger partial charge in [-0.15, -0.1) is 0 Å². The van der Waals surface area contributed by atoms with Gasteiger partial charge in [0.05, 0.1) is 19.0 Å². The van der Waals surface area contributed by atoms with Gasteiger partial charge in [-0.2, -0.15) is 5.10 Å². The highest BCUT2D eigenvalue weighted by Crippen LogP contribution is 2.26. The van der Waals surface area contributed by atoms with Gasteiger partial charge in [0, 0.05) is 24.1 Å². The van der Waals surface area contributed by atoms with Crippen LogP contribution in [0.1, 0.15) is 31.0 Å². The Bertz CT molecular complexity index is 741. The Hall–Kier alpha value is -2.83. The van der Waals surface area contributed by atoms with Crippen molar-refractivity contribution in [2.75, 3.05) is 5.32 Å². The van der Waals surface area contributed by atoms with Gasteiger partial charge in [-0.3, -0.25) is 9.48 Å². The fourth-order valence-corrected chi connectivity index (χ4v) is 2.80. The molecule has 3 rings (SSSR count). The van der Waals surface area contributed by atoms with Crippen molar-refractivity contribution in [3.8, 4) is 0 Å². The number of nitrogens with zero attached hydrogens (tertiary/aromatic N) is 2. The molecule has 3 N–H and O–H groups in total. The number of amides is 3. The molecule has 1 aliphatic heterocycles. The van der Waals surface area contributed by atoms with Crippen LogP contribution in [0.2, 0.25) is 0 Å². The van der Waals surface area contributed by atoms with Crippen molar-refractivity contribution in [1.82, 2.24) is 20.4 Å². The third-order valence-electron chi connectivity index (χ3n) is 4.00. The summed E-state index contributed by atoms with van der Waals surface area (Å²) >= 11 is 0. The zero-order valence-electron chi connectivity index (χ0n) is 13.7. The maximum Gasteiger partial charge on any atom is 0.315 e. The lowest BCUT2D eigenvalue weighted by Gasteiger charge is -2.19. The van der Waals surface area contributed by atoms with Crippen LogP contribution in [0, 0.1) is 0 Å². The normalized spacial score (nSPS) is 15.3. The van der Waals surface area contributed by atoms with Crippen LogP contribution >= 0.6 is 0 Å². The van der Waals surface area contributed by atoms with E-state index in [-0.39, 0.29) is 24.0 Å². The molecule has 126 valence electrons. The quantitative estimate of drug-likeness (QED) is 0.783. The van der Waals surface area contributed by atoms with Crippen LogP contribution in [-0.2, 0) is 17.8 Å². The Kier molecular flexibility index (Phi) is 4.50. The van der Waals surface area contributed by atoms with E-state index in [0.29, 0.717) is 13.0 Å². The first kappa shape index (κ1) is 16.0. The molecule has 1 aromatic heterocycles. The predicted octanol–water partition coefficient (Wildman–Crippen LogP) is 1.83. The summed E-state index contributed by atoms with van der Waals surface area (Å²) < 4.78 is 1.78. The number of fused-ring (bicyclic) bond motifs is 1. The first-order valence-corrected chi connectivity index (χ1v) is 7.98. The molecule has 0 saturated heterocycles. The lowest BCUT2D eigenvalue weighted by molar-refractivity contribution is -0.115. The van der Waals surface area contributed by atoms with Gasteiger partial charge in [0.25, 0.3) is 0 Å². The van der Waals surface area contributed by atoms with E-state index in [1.165, 1.54) is 0 Å². The lowest BCUT2D eigenvalue weighted by atomic mass is 10.0. The minimum Gasteiger partial charge on any atom is -0.334 e. The molecule has 0 aliphatic carbocycles. The molecule has 7 nitrogen and oxygen atoms in total. The number of carbonyl (C=O) groups excluding carboxylic acids is 2. The topological polar surface area (TPSA) is 88.1 Å². The largest absolute Gasteiger partial charge is 0.334 e. The van der Waals surface area contributed by atoms with Crippen molar-refractivity contribution in [1.29, 1.82) is 0 Å². The van der Waals surface area contributed by atoms with E-state index in [4.69, 9.17) is 0 Å². The Balaban J connectivity index is 1.54. The predicted molar refractivity (Wildman–Crippen MR) is 90.5 cm³/mol. The summed E-state index contributed by atoms with van der Waals surface area (Å²) in [4.78, 5) is 23.5. The number of urea groups is 1. The highest BCUT2D eigenvalue weighted by molar-refractivity contribution is 5.99. The average Bonchev–Trinajstić information content (AvgIpc) is 3.13. The van der Waals surface area contributed by atoms with E-state index in [1.807, 2.05) is 44.3 Å². The van der Waals surface area contributed by atoms with Gasteiger partial charge >= 0.3 is 6.03 Å². The van der Waals surface area contributed by atoms with Crippen molar-refractivity contribution < 1.29 is 9.59 Å². The number of nitrogens with one attached hydrogen (secondary N) is 3. The van der Waals surface area contributed by atoms with Gasteiger partial charge in [0.1, 0.15) is 0 Å². The second-order valence-electron chi connectivity index (χ2n) is 6.11. The first-order valence-electron chi connectivity index (χ1n) is 7.98. The number of hydrogen-bond acceptors (Lipinski definition) is 3. The Morgan fingerprint density at radius 1 is 1.38 bits per heavy atom. The molecule has 2 aromatic rings. The van der Waals surface area contributed by atoms with E-state index in [0.717, 1.165) is 16.8 Å². The molecule has 0 spiro atoms. The average molecular weight is 327 g/mol. The minimum absolute atomic E-state index is 0.00736. The van der Waals surface area contributed by atoms with Crippen LogP contribution in [0.4, 0.5) is 10.5 Å². The number of aromatic nitrogens is 2. The van der Waals surface area contributed by atoms with Crippen LogP contribution in [0.5, 0.6) is 0 Å². The van der Waals surface area contributed by atoms with Crippen molar-refractivity contribution in [3.05, 3.63) is 47.8 Å². The summed E-state index contributed by atoms with van der Waals surface area (Å²) in [7, 11) is 0. The van der Waals surface area contributed by atoms with Gasteiger partial charge in [0.2, 0.25) is 5.91 Å². The third kappa shape index (κ3) is 3.73. The maximum atomic E-state index is 12.1. The van der Waals surface area contributed by atoms with Crippen LogP contribution in [0.15, 0.2) is 36.7 Å². The minimum atomic E-state index is -0.225. The van der Waals surface area contributed by atoms with Crippen LogP contribution < -0.4 is 16.0 Å². The van der Waals surface area contributed by atoms with Crippen molar-refractivity contribution in [3.63, 3.8) is 0 Å². The van der Waals surface area contributed by atoms with Gasteiger partial charge in [-0.25, -0.2) is 4.79 Å². The van der Waals surface area contributed by atoms with E-state index >= 15 is 0 Å². The molecule has 2 atom stereocenters. The third-order valence-corrected chi connectivity index (χ3v) is 4.00. The molecular formula is C17H21N5O2. The number of hydrogen-bond donors (Lipinski definition) is 3. The zero-order chi connectivity index (χ0) is 17.1. The van der Waals surface area contributed by atoms with Gasteiger partial charge in [0.15, 0.2) is 0 Å². The van der Waals surface area contributed by atoms with Crippen molar-refractivity contribution >= 4 is 17.6 Å². The molecule has 0 radical (unpaired) electrons. The Morgan fingerprint density at radius 3 is 2.96 bits per heavy atom. The van der Waals surface area contributed by atoms with Gasteiger partial charge in [-0.1, -0.05) is 12.1 Å². The Morgan fingerprint density at radius 2 is 2.21 bits per heavy atom. The number of rotatable bonds is 5. The molecule has 0 unspecified atom stereocenters. The monoisotopic (exact) mass is 327 g/mol. The van der Waals surface area contributed by atoms with E-state index in [2.05, 4.69) is 21.0 Å².